The lowest BCUT2D eigenvalue weighted by Gasteiger charge is -2.58. The number of rotatable bonds is 1. The molecule has 0 aliphatic heterocycles. The van der Waals surface area contributed by atoms with Crippen LogP contribution in [0.2, 0.25) is 0 Å². The molecule has 0 bridgehead atoms. The van der Waals surface area contributed by atoms with Crippen molar-refractivity contribution in [3.63, 3.8) is 0 Å². The van der Waals surface area contributed by atoms with E-state index in [4.69, 9.17) is 0 Å². The Bertz CT molecular complexity index is 589. The number of hydrogen-bond donors (Lipinski definition) is 0. The molecule has 0 N–H and O–H groups in total. The minimum absolute atomic E-state index is 0.245. The second-order valence-corrected chi connectivity index (χ2v) is 9.25. The highest BCUT2D eigenvalue weighted by Crippen LogP contribution is 2.66. The van der Waals surface area contributed by atoms with Crippen molar-refractivity contribution in [1.29, 1.82) is 0 Å². The van der Waals surface area contributed by atoms with Gasteiger partial charge in [0.2, 0.25) is 0 Å². The van der Waals surface area contributed by atoms with Gasteiger partial charge in [0, 0.05) is 12.3 Å². The van der Waals surface area contributed by atoms with Crippen molar-refractivity contribution in [2.75, 3.05) is 0 Å². The summed E-state index contributed by atoms with van der Waals surface area (Å²) in [5, 5.41) is 0. The Labute approximate surface area is 140 Å². The highest BCUT2D eigenvalue weighted by atomic mass is 16.1. The second-order valence-electron chi connectivity index (χ2n) is 9.25. The van der Waals surface area contributed by atoms with E-state index in [1.807, 2.05) is 6.08 Å². The molecule has 4 rings (SSSR count). The van der Waals surface area contributed by atoms with Gasteiger partial charge in [-0.3, -0.25) is 9.59 Å². The molecular weight excluding hydrogens is 284 g/mol. The lowest BCUT2D eigenvalue weighted by Crippen LogP contribution is -2.51. The molecule has 23 heavy (non-hydrogen) atoms. The summed E-state index contributed by atoms with van der Waals surface area (Å²) >= 11 is 0. The minimum Gasteiger partial charge on any atom is -0.300 e. The third kappa shape index (κ3) is 2.06. The monoisotopic (exact) mass is 314 g/mol. The average Bonchev–Trinajstić information content (AvgIpc) is 2.85. The SMILES string of the molecule is CC(=O)[C@@H]1CCC2C3CCC4=CC(=O)CC[C@@]4(C)C3CC[C@]21C. The molecule has 3 saturated carbocycles. The minimum atomic E-state index is 0.245. The molecule has 0 spiro atoms. The van der Waals surface area contributed by atoms with Crippen LogP contribution in [0.3, 0.4) is 0 Å². The molecule has 4 aliphatic rings. The number of hydrogen-bond acceptors (Lipinski definition) is 2. The molecule has 0 amide bonds. The van der Waals surface area contributed by atoms with Gasteiger partial charge in [-0.2, -0.15) is 0 Å². The molecule has 2 nitrogen and oxygen atoms in total. The standard InChI is InChI=1S/C21H30O2/c1-13(22)17-6-7-18-16-5-4-14-12-15(23)8-10-20(14,2)19(16)9-11-21(17,18)3/h12,16-19H,4-11H2,1-3H3/t16?,17-,18?,19?,20+,21-/m0/s1. The van der Waals surface area contributed by atoms with Crippen LogP contribution < -0.4 is 0 Å². The van der Waals surface area contributed by atoms with Crippen LogP contribution in [0, 0.1) is 34.5 Å². The quantitative estimate of drug-likeness (QED) is 0.701. The van der Waals surface area contributed by atoms with Gasteiger partial charge in [-0.1, -0.05) is 19.4 Å². The topological polar surface area (TPSA) is 34.1 Å². The first-order chi connectivity index (χ1) is 10.9. The van der Waals surface area contributed by atoms with Crippen molar-refractivity contribution >= 4 is 11.6 Å². The third-order valence-corrected chi connectivity index (χ3v) is 8.45. The van der Waals surface area contributed by atoms with Crippen LogP contribution in [0.15, 0.2) is 11.6 Å². The number of Topliss-reactive ketones (excluding diaryl/α,β-unsaturated/α-hetero) is 1. The molecule has 0 heterocycles. The smallest absolute Gasteiger partial charge is 0.155 e. The van der Waals surface area contributed by atoms with Crippen LogP contribution in [-0.4, -0.2) is 11.6 Å². The molecule has 3 unspecified atom stereocenters. The average molecular weight is 314 g/mol. The molecule has 2 heteroatoms. The van der Waals surface area contributed by atoms with E-state index in [1.54, 1.807) is 6.92 Å². The molecule has 0 aromatic carbocycles. The maximum absolute atomic E-state index is 12.1. The van der Waals surface area contributed by atoms with E-state index in [2.05, 4.69) is 13.8 Å². The van der Waals surface area contributed by atoms with Gasteiger partial charge >= 0.3 is 0 Å². The Morgan fingerprint density at radius 3 is 2.57 bits per heavy atom. The maximum atomic E-state index is 12.1. The Morgan fingerprint density at radius 2 is 1.83 bits per heavy atom. The van der Waals surface area contributed by atoms with Crippen molar-refractivity contribution in [3.8, 4) is 0 Å². The Morgan fingerprint density at radius 1 is 1.04 bits per heavy atom. The van der Waals surface area contributed by atoms with E-state index in [0.29, 0.717) is 17.5 Å². The van der Waals surface area contributed by atoms with Crippen molar-refractivity contribution in [2.45, 2.75) is 72.1 Å². The Hall–Kier alpha value is -0.920. The van der Waals surface area contributed by atoms with E-state index >= 15 is 0 Å². The van der Waals surface area contributed by atoms with Gasteiger partial charge in [-0.15, -0.1) is 0 Å². The fraction of sp³-hybridized carbons (Fsp3) is 0.810. The summed E-state index contributed by atoms with van der Waals surface area (Å²) in [7, 11) is 0. The maximum Gasteiger partial charge on any atom is 0.155 e. The van der Waals surface area contributed by atoms with E-state index in [-0.39, 0.29) is 10.8 Å². The van der Waals surface area contributed by atoms with Crippen molar-refractivity contribution < 1.29 is 9.59 Å². The molecule has 0 aromatic heterocycles. The van der Waals surface area contributed by atoms with E-state index in [0.717, 1.165) is 43.4 Å². The fourth-order valence-electron chi connectivity index (χ4n) is 7.23. The summed E-state index contributed by atoms with van der Waals surface area (Å²) in [6.07, 6.45) is 10.9. The molecule has 0 saturated heterocycles. The van der Waals surface area contributed by atoms with E-state index in [9.17, 15) is 9.59 Å². The zero-order chi connectivity index (χ0) is 16.4. The van der Waals surface area contributed by atoms with Crippen LogP contribution in [0.25, 0.3) is 0 Å². The van der Waals surface area contributed by atoms with Crippen LogP contribution in [0.5, 0.6) is 0 Å². The van der Waals surface area contributed by atoms with Crippen LogP contribution >= 0.6 is 0 Å². The van der Waals surface area contributed by atoms with Gasteiger partial charge in [-0.25, -0.2) is 0 Å². The Balaban J connectivity index is 1.67. The number of allylic oxidation sites excluding steroid dienone is 1. The number of carbonyl (C=O) groups excluding carboxylic acids is 2. The van der Waals surface area contributed by atoms with Crippen molar-refractivity contribution in [3.05, 3.63) is 11.6 Å². The summed E-state index contributed by atoms with van der Waals surface area (Å²) in [4.78, 5) is 24.0. The number of carbonyl (C=O) groups is 2. The molecule has 6 atom stereocenters. The number of ketones is 2. The molecule has 0 radical (unpaired) electrons. The molecule has 0 aromatic rings. The van der Waals surface area contributed by atoms with Crippen molar-refractivity contribution in [2.24, 2.45) is 34.5 Å². The molecule has 3 fully saturated rings. The van der Waals surface area contributed by atoms with Gasteiger partial charge in [0.05, 0.1) is 0 Å². The van der Waals surface area contributed by atoms with Crippen LogP contribution in [-0.2, 0) is 9.59 Å². The molecular formula is C21H30O2. The predicted octanol–water partition coefficient (Wildman–Crippen LogP) is 4.72. The summed E-state index contributed by atoms with van der Waals surface area (Å²) in [5.74, 6) is 3.29. The first-order valence-corrected chi connectivity index (χ1v) is 9.60. The summed E-state index contributed by atoms with van der Waals surface area (Å²) in [6, 6.07) is 0. The zero-order valence-corrected chi connectivity index (χ0v) is 14.9. The highest BCUT2D eigenvalue weighted by Gasteiger charge is 2.59. The van der Waals surface area contributed by atoms with E-state index in [1.165, 1.54) is 31.3 Å². The van der Waals surface area contributed by atoms with Crippen LogP contribution in [0.4, 0.5) is 0 Å². The predicted molar refractivity (Wildman–Crippen MR) is 90.9 cm³/mol. The van der Waals surface area contributed by atoms with E-state index < -0.39 is 0 Å². The van der Waals surface area contributed by atoms with Crippen molar-refractivity contribution in [1.82, 2.24) is 0 Å². The summed E-state index contributed by atoms with van der Waals surface area (Å²) < 4.78 is 0. The highest BCUT2D eigenvalue weighted by molar-refractivity contribution is 5.91. The van der Waals surface area contributed by atoms with Gasteiger partial charge in [0.1, 0.15) is 5.78 Å². The second kappa shape index (κ2) is 5.04. The molecule has 4 aliphatic carbocycles. The largest absolute Gasteiger partial charge is 0.300 e. The first-order valence-electron chi connectivity index (χ1n) is 9.60. The lowest BCUT2D eigenvalue weighted by molar-refractivity contribution is -0.128. The van der Waals surface area contributed by atoms with Gasteiger partial charge in [0.15, 0.2) is 5.78 Å². The van der Waals surface area contributed by atoms with Gasteiger partial charge in [0.25, 0.3) is 0 Å². The van der Waals surface area contributed by atoms with Gasteiger partial charge in [-0.05, 0) is 86.5 Å². The lowest BCUT2D eigenvalue weighted by atomic mass is 9.47. The Kier molecular flexibility index (Phi) is 3.42. The summed E-state index contributed by atoms with van der Waals surface area (Å²) in [5.41, 5.74) is 1.95. The van der Waals surface area contributed by atoms with Gasteiger partial charge < -0.3 is 0 Å². The first kappa shape index (κ1) is 15.6. The number of fused-ring (bicyclic) bond motifs is 5. The van der Waals surface area contributed by atoms with Crippen LogP contribution in [0.1, 0.15) is 72.1 Å². The zero-order valence-electron chi connectivity index (χ0n) is 14.9. The normalized spacial score (nSPS) is 49.0. The molecule has 126 valence electrons. The fourth-order valence-corrected chi connectivity index (χ4v) is 7.23. The third-order valence-electron chi connectivity index (χ3n) is 8.45. The summed E-state index contributed by atoms with van der Waals surface area (Å²) in [6.45, 7) is 6.65.